The minimum atomic E-state index is -4.61. The van der Waals surface area contributed by atoms with Crippen LogP contribution in [0.15, 0.2) is 20.7 Å². The molecule has 0 fully saturated rings. The van der Waals surface area contributed by atoms with Crippen molar-refractivity contribution < 1.29 is 28.2 Å². The maximum atomic E-state index is 11.8. The molecule has 0 aliphatic heterocycles. The van der Waals surface area contributed by atoms with Gasteiger partial charge in [-0.15, -0.1) is 0 Å². The maximum absolute atomic E-state index is 11.8. The molecule has 110 valence electrons. The Balaban J connectivity index is 3.16. The first kappa shape index (κ1) is 15.6. The summed E-state index contributed by atoms with van der Waals surface area (Å²) in [6.45, 7) is 0. The summed E-state index contributed by atoms with van der Waals surface area (Å²) in [5.74, 6) is -3.27. The topological polar surface area (TPSA) is 186 Å². The van der Waals surface area contributed by atoms with Crippen LogP contribution in [-0.4, -0.2) is 46.6 Å². The molecule has 0 saturated carbocycles. The molecule has 11 nitrogen and oxygen atoms in total. The van der Waals surface area contributed by atoms with Crippen molar-refractivity contribution in [3.63, 3.8) is 0 Å². The van der Waals surface area contributed by atoms with E-state index in [4.69, 9.17) is 10.2 Å². The third kappa shape index (κ3) is 3.76. The van der Waals surface area contributed by atoms with Gasteiger partial charge in [0, 0.05) is 6.20 Å². The molecule has 20 heavy (non-hydrogen) atoms. The first-order valence-electron chi connectivity index (χ1n) is 4.92. The number of hydrogen-bond donors (Lipinski definition) is 5. The third-order valence-electron chi connectivity index (χ3n) is 2.05. The normalized spacial score (nSPS) is 12.8. The predicted molar refractivity (Wildman–Crippen MR) is 61.7 cm³/mol. The molecular formula is C8H9N3O8S. The number of carbonyl (C=O) groups is 2. The molecule has 1 aromatic rings. The Hall–Kier alpha value is -2.47. The lowest BCUT2D eigenvalue weighted by atomic mass is 10.2. The van der Waals surface area contributed by atoms with Gasteiger partial charge >= 0.3 is 17.6 Å². The van der Waals surface area contributed by atoms with E-state index in [9.17, 15) is 27.6 Å². The number of H-pyrrole nitrogens is 2. The SMILES string of the molecule is O=C(O)CC(NS(=O)(=O)c1c[nH]c(=O)[nH]c1=O)C(=O)O. The van der Waals surface area contributed by atoms with E-state index in [1.54, 1.807) is 9.71 Å². The smallest absolute Gasteiger partial charge is 0.325 e. The molecule has 0 saturated heterocycles. The van der Waals surface area contributed by atoms with E-state index in [2.05, 4.69) is 0 Å². The van der Waals surface area contributed by atoms with Gasteiger partial charge in [0.05, 0.1) is 6.42 Å². The lowest BCUT2D eigenvalue weighted by Gasteiger charge is -2.11. The largest absolute Gasteiger partial charge is 0.481 e. The summed E-state index contributed by atoms with van der Waals surface area (Å²) in [4.78, 5) is 45.8. The van der Waals surface area contributed by atoms with Gasteiger partial charge in [-0.25, -0.2) is 13.2 Å². The van der Waals surface area contributed by atoms with E-state index in [-0.39, 0.29) is 0 Å². The first-order chi connectivity index (χ1) is 9.13. The van der Waals surface area contributed by atoms with Crippen LogP contribution in [0.5, 0.6) is 0 Å². The average molecular weight is 307 g/mol. The zero-order valence-electron chi connectivity index (χ0n) is 9.61. The van der Waals surface area contributed by atoms with Crippen molar-refractivity contribution >= 4 is 22.0 Å². The number of carboxylic acid groups (broad SMARTS) is 2. The van der Waals surface area contributed by atoms with Crippen LogP contribution in [-0.2, 0) is 19.6 Å². The highest BCUT2D eigenvalue weighted by atomic mass is 32.2. The molecule has 0 aliphatic rings. The average Bonchev–Trinajstić information content (AvgIpc) is 2.26. The van der Waals surface area contributed by atoms with Crippen LogP contribution >= 0.6 is 0 Å². The van der Waals surface area contributed by atoms with Gasteiger partial charge in [-0.1, -0.05) is 0 Å². The zero-order valence-corrected chi connectivity index (χ0v) is 10.4. The summed E-state index contributed by atoms with van der Waals surface area (Å²) >= 11 is 0. The fourth-order valence-corrected chi connectivity index (χ4v) is 2.40. The Kier molecular flexibility index (Phi) is 4.41. The van der Waals surface area contributed by atoms with Gasteiger partial charge in [0.25, 0.3) is 5.56 Å². The molecule has 1 aromatic heterocycles. The van der Waals surface area contributed by atoms with Crippen LogP contribution in [0.3, 0.4) is 0 Å². The Bertz CT molecular complexity index is 745. The van der Waals surface area contributed by atoms with Gasteiger partial charge in [0.15, 0.2) is 4.90 Å². The standard InChI is InChI=1S/C8H9N3O8S/c12-5(13)1-3(7(15)16)11-20(18,19)4-2-9-8(17)10-6(4)14/h2-3,11H,1H2,(H,12,13)(H,15,16)(H2,9,10,14,17). The Morgan fingerprint density at radius 3 is 2.35 bits per heavy atom. The fraction of sp³-hybridized carbons (Fsp3) is 0.250. The summed E-state index contributed by atoms with van der Waals surface area (Å²) in [5, 5.41) is 17.2. The van der Waals surface area contributed by atoms with Crippen molar-refractivity contribution in [2.45, 2.75) is 17.4 Å². The van der Waals surface area contributed by atoms with Gasteiger partial charge < -0.3 is 15.2 Å². The molecule has 0 aromatic carbocycles. The van der Waals surface area contributed by atoms with E-state index < -0.39 is 50.6 Å². The molecule has 1 heterocycles. The van der Waals surface area contributed by atoms with E-state index in [1.165, 1.54) is 0 Å². The van der Waals surface area contributed by atoms with Crippen molar-refractivity contribution in [3.8, 4) is 0 Å². The van der Waals surface area contributed by atoms with E-state index in [0.717, 1.165) is 0 Å². The van der Waals surface area contributed by atoms with Crippen LogP contribution in [0.4, 0.5) is 0 Å². The zero-order chi connectivity index (χ0) is 15.5. The maximum Gasteiger partial charge on any atom is 0.325 e. The van der Waals surface area contributed by atoms with Crippen LogP contribution in [0.1, 0.15) is 6.42 Å². The van der Waals surface area contributed by atoms with Crippen molar-refractivity contribution in [2.75, 3.05) is 0 Å². The van der Waals surface area contributed by atoms with Crippen LogP contribution in [0.25, 0.3) is 0 Å². The van der Waals surface area contributed by atoms with Crippen LogP contribution in [0.2, 0.25) is 0 Å². The number of aliphatic carboxylic acids is 2. The predicted octanol–water partition coefficient (Wildman–Crippen LogP) is -2.73. The van der Waals surface area contributed by atoms with Crippen molar-refractivity contribution in [1.29, 1.82) is 0 Å². The molecule has 5 N–H and O–H groups in total. The molecule has 0 bridgehead atoms. The molecule has 12 heteroatoms. The quantitative estimate of drug-likeness (QED) is 0.374. The molecule has 1 rings (SSSR count). The number of aromatic amines is 2. The highest BCUT2D eigenvalue weighted by molar-refractivity contribution is 7.89. The Morgan fingerprint density at radius 2 is 1.90 bits per heavy atom. The van der Waals surface area contributed by atoms with E-state index in [0.29, 0.717) is 6.20 Å². The summed E-state index contributed by atoms with van der Waals surface area (Å²) in [5.41, 5.74) is -2.21. The number of aromatic nitrogens is 2. The highest BCUT2D eigenvalue weighted by Gasteiger charge is 2.29. The van der Waals surface area contributed by atoms with Crippen molar-refractivity contribution in [2.24, 2.45) is 0 Å². The van der Waals surface area contributed by atoms with Gasteiger partial charge in [0.2, 0.25) is 10.0 Å². The lowest BCUT2D eigenvalue weighted by Crippen LogP contribution is -2.44. The fourth-order valence-electron chi connectivity index (χ4n) is 1.20. The van der Waals surface area contributed by atoms with Gasteiger partial charge in [-0.2, -0.15) is 4.72 Å². The molecule has 0 amide bonds. The number of rotatable bonds is 6. The summed E-state index contributed by atoms with van der Waals surface area (Å²) in [6.07, 6.45) is -0.445. The van der Waals surface area contributed by atoms with Crippen molar-refractivity contribution in [1.82, 2.24) is 14.7 Å². The van der Waals surface area contributed by atoms with Crippen LogP contribution < -0.4 is 16.0 Å². The summed E-state index contributed by atoms with van der Waals surface area (Å²) in [6, 6.07) is -1.95. The van der Waals surface area contributed by atoms with Gasteiger partial charge in [-0.3, -0.25) is 19.4 Å². The molecule has 0 spiro atoms. The number of sulfonamides is 1. The Labute approximate surface area is 110 Å². The second-order valence-electron chi connectivity index (χ2n) is 3.55. The van der Waals surface area contributed by atoms with Gasteiger partial charge in [-0.05, 0) is 0 Å². The molecule has 1 unspecified atom stereocenters. The summed E-state index contributed by atoms with van der Waals surface area (Å²) < 4.78 is 25.1. The minimum Gasteiger partial charge on any atom is -0.481 e. The highest BCUT2D eigenvalue weighted by Crippen LogP contribution is 2.03. The minimum absolute atomic E-state index is 0.573. The second kappa shape index (κ2) is 5.66. The summed E-state index contributed by atoms with van der Waals surface area (Å²) in [7, 11) is -4.61. The number of carboxylic acids is 2. The van der Waals surface area contributed by atoms with Crippen LogP contribution in [0, 0.1) is 0 Å². The number of nitrogens with one attached hydrogen (secondary N) is 3. The molecule has 0 aliphatic carbocycles. The van der Waals surface area contributed by atoms with Gasteiger partial charge in [0.1, 0.15) is 6.04 Å². The van der Waals surface area contributed by atoms with Crippen molar-refractivity contribution in [3.05, 3.63) is 27.0 Å². The second-order valence-corrected chi connectivity index (χ2v) is 5.23. The van der Waals surface area contributed by atoms with E-state index >= 15 is 0 Å². The van der Waals surface area contributed by atoms with E-state index in [1.807, 2.05) is 4.98 Å². The first-order valence-corrected chi connectivity index (χ1v) is 6.40. The number of hydrogen-bond acceptors (Lipinski definition) is 6. The molecular weight excluding hydrogens is 298 g/mol. The lowest BCUT2D eigenvalue weighted by molar-refractivity contribution is -0.145. The Morgan fingerprint density at radius 1 is 1.30 bits per heavy atom. The monoisotopic (exact) mass is 307 g/mol. The third-order valence-corrected chi connectivity index (χ3v) is 3.53. The molecule has 0 radical (unpaired) electrons. The molecule has 1 atom stereocenters.